The zero-order valence-corrected chi connectivity index (χ0v) is 13.4. The summed E-state index contributed by atoms with van der Waals surface area (Å²) in [5.41, 5.74) is -0.421. The minimum Gasteiger partial charge on any atom is -0.480 e. The van der Waals surface area contributed by atoms with Crippen molar-refractivity contribution in [2.24, 2.45) is 5.41 Å². The molecule has 21 heavy (non-hydrogen) atoms. The highest BCUT2D eigenvalue weighted by molar-refractivity contribution is 7.85. The molecule has 0 spiro atoms. The Morgan fingerprint density at radius 2 is 1.90 bits per heavy atom. The molecule has 2 fully saturated rings. The summed E-state index contributed by atoms with van der Waals surface area (Å²) in [6.07, 6.45) is 3.02. The van der Waals surface area contributed by atoms with Crippen molar-refractivity contribution in [2.45, 2.75) is 51.6 Å². The molecule has 2 aliphatic rings. The fourth-order valence-corrected chi connectivity index (χ4v) is 4.57. The van der Waals surface area contributed by atoms with Crippen molar-refractivity contribution in [3.05, 3.63) is 0 Å². The molecule has 2 amide bonds. The van der Waals surface area contributed by atoms with Crippen molar-refractivity contribution >= 4 is 22.8 Å². The first-order valence-corrected chi connectivity index (χ1v) is 8.95. The monoisotopic (exact) mass is 316 g/mol. The maximum absolute atomic E-state index is 12.4. The number of nitrogens with zero attached hydrogens (tertiary/aromatic N) is 1. The minimum atomic E-state index is -0.945. The van der Waals surface area contributed by atoms with Gasteiger partial charge in [0, 0.05) is 34.9 Å². The molecule has 1 atom stereocenters. The number of likely N-dealkylation sites (tertiary alicyclic amines) is 1. The van der Waals surface area contributed by atoms with Gasteiger partial charge in [-0.1, -0.05) is 13.8 Å². The second kappa shape index (κ2) is 6.34. The number of nitrogens with one attached hydrogen (secondary N) is 1. The number of amides is 2. The van der Waals surface area contributed by atoms with Crippen LogP contribution >= 0.6 is 0 Å². The fraction of sp³-hybridized carbons (Fsp3) is 0.857. The van der Waals surface area contributed by atoms with Gasteiger partial charge in [0.25, 0.3) is 0 Å². The predicted octanol–water partition coefficient (Wildman–Crippen LogP) is 1.18. The van der Waals surface area contributed by atoms with Crippen LogP contribution in [0.3, 0.4) is 0 Å². The molecule has 0 aromatic carbocycles. The zero-order valence-electron chi connectivity index (χ0n) is 12.6. The highest BCUT2D eigenvalue weighted by atomic mass is 32.2. The van der Waals surface area contributed by atoms with Crippen LogP contribution in [0.2, 0.25) is 0 Å². The second-order valence-corrected chi connectivity index (χ2v) is 8.29. The molecule has 2 heterocycles. The quantitative estimate of drug-likeness (QED) is 0.801. The molecule has 0 bridgehead atoms. The lowest BCUT2D eigenvalue weighted by Crippen LogP contribution is -2.60. The molecular formula is C14H24N2O4S. The molecule has 0 aliphatic carbocycles. The first-order valence-electron chi connectivity index (χ1n) is 7.46. The number of hydrogen-bond acceptors (Lipinski definition) is 3. The lowest BCUT2D eigenvalue weighted by molar-refractivity contribution is -0.148. The summed E-state index contributed by atoms with van der Waals surface area (Å²) in [6.45, 7) is 4.27. The minimum absolute atomic E-state index is 0.00897. The van der Waals surface area contributed by atoms with Crippen LogP contribution in [-0.2, 0) is 15.6 Å². The molecular weight excluding hydrogens is 292 g/mol. The standard InChI is InChI=1S/C14H24N2O4S/c1-14(2)6-3-7-16(11(14)12(17)18)13(19)15-10-4-8-21(20)9-5-10/h10-11H,3-9H2,1-2H3,(H,15,19)(H,17,18). The molecule has 2 rings (SSSR count). The van der Waals surface area contributed by atoms with E-state index in [2.05, 4.69) is 5.32 Å². The molecule has 0 aromatic heterocycles. The third-order valence-corrected chi connectivity index (χ3v) is 5.86. The molecule has 2 aliphatic heterocycles. The highest BCUT2D eigenvalue weighted by Crippen LogP contribution is 2.35. The number of aliphatic carboxylic acids is 1. The largest absolute Gasteiger partial charge is 0.480 e. The lowest BCUT2D eigenvalue weighted by Gasteiger charge is -2.44. The van der Waals surface area contributed by atoms with Gasteiger partial charge < -0.3 is 15.3 Å². The second-order valence-electron chi connectivity index (χ2n) is 6.60. The van der Waals surface area contributed by atoms with Crippen molar-refractivity contribution in [3.8, 4) is 0 Å². The van der Waals surface area contributed by atoms with E-state index in [1.807, 2.05) is 13.8 Å². The zero-order chi connectivity index (χ0) is 15.6. The molecule has 0 radical (unpaired) electrons. The Balaban J connectivity index is 2.02. The highest BCUT2D eigenvalue weighted by Gasteiger charge is 2.44. The predicted molar refractivity (Wildman–Crippen MR) is 80.6 cm³/mol. The van der Waals surface area contributed by atoms with Gasteiger partial charge in [0.05, 0.1) is 0 Å². The van der Waals surface area contributed by atoms with Crippen molar-refractivity contribution in [2.75, 3.05) is 18.1 Å². The third-order valence-electron chi connectivity index (χ3n) is 4.48. The van der Waals surface area contributed by atoms with E-state index in [0.717, 1.165) is 12.8 Å². The summed E-state index contributed by atoms with van der Waals surface area (Å²) in [6, 6.07) is -1.08. The van der Waals surface area contributed by atoms with Crippen LogP contribution < -0.4 is 5.32 Å². The van der Waals surface area contributed by atoms with E-state index < -0.39 is 28.2 Å². The fourth-order valence-electron chi connectivity index (χ4n) is 3.27. The number of carbonyl (C=O) groups excluding carboxylic acids is 1. The van der Waals surface area contributed by atoms with Crippen molar-refractivity contribution < 1.29 is 18.9 Å². The normalized spacial score (nSPS) is 32.5. The maximum atomic E-state index is 12.4. The summed E-state index contributed by atoms with van der Waals surface area (Å²) < 4.78 is 11.3. The van der Waals surface area contributed by atoms with Crippen molar-refractivity contribution in [3.63, 3.8) is 0 Å². The number of rotatable bonds is 2. The molecule has 0 aromatic rings. The number of urea groups is 1. The third kappa shape index (κ3) is 3.75. The molecule has 1 unspecified atom stereocenters. The van der Waals surface area contributed by atoms with E-state index in [-0.39, 0.29) is 12.1 Å². The Labute approximate surface area is 127 Å². The van der Waals surface area contributed by atoms with Crippen LogP contribution in [0, 0.1) is 5.41 Å². The summed E-state index contributed by atoms with van der Waals surface area (Å²) in [4.78, 5) is 25.4. The van der Waals surface area contributed by atoms with Crippen molar-refractivity contribution in [1.29, 1.82) is 0 Å². The smallest absolute Gasteiger partial charge is 0.327 e. The van der Waals surface area contributed by atoms with Gasteiger partial charge >= 0.3 is 12.0 Å². The molecule has 6 nitrogen and oxygen atoms in total. The summed E-state index contributed by atoms with van der Waals surface area (Å²) in [5, 5.41) is 12.4. The Kier molecular flexibility index (Phi) is 4.91. The average Bonchev–Trinajstić information content (AvgIpc) is 2.39. The van der Waals surface area contributed by atoms with E-state index in [1.165, 1.54) is 4.90 Å². The number of carboxylic acid groups (broad SMARTS) is 1. The van der Waals surface area contributed by atoms with Gasteiger partial charge in [-0.2, -0.15) is 0 Å². The molecule has 0 saturated carbocycles. The Morgan fingerprint density at radius 3 is 2.48 bits per heavy atom. The van der Waals surface area contributed by atoms with E-state index in [9.17, 15) is 18.9 Å². The Morgan fingerprint density at radius 1 is 1.29 bits per heavy atom. The van der Waals surface area contributed by atoms with Gasteiger partial charge in [-0.25, -0.2) is 9.59 Å². The van der Waals surface area contributed by atoms with E-state index in [4.69, 9.17) is 0 Å². The van der Waals surface area contributed by atoms with Crippen LogP contribution in [-0.4, -0.2) is 56.3 Å². The van der Waals surface area contributed by atoms with E-state index >= 15 is 0 Å². The van der Waals surface area contributed by atoms with Gasteiger partial charge in [-0.05, 0) is 31.1 Å². The van der Waals surface area contributed by atoms with Crippen LogP contribution in [0.25, 0.3) is 0 Å². The molecule has 7 heteroatoms. The number of carboxylic acids is 1. The Hall–Kier alpha value is -1.11. The summed E-state index contributed by atoms with van der Waals surface area (Å²) >= 11 is 0. The Bertz CT molecular complexity index is 442. The SMILES string of the molecule is CC1(C)CCCN(C(=O)NC2CCS(=O)CC2)C1C(=O)O. The first-order chi connectivity index (χ1) is 9.81. The van der Waals surface area contributed by atoms with Crippen molar-refractivity contribution in [1.82, 2.24) is 10.2 Å². The number of hydrogen-bond donors (Lipinski definition) is 2. The molecule has 2 saturated heterocycles. The van der Waals surface area contributed by atoms with Crippen LogP contribution in [0.15, 0.2) is 0 Å². The molecule has 120 valence electrons. The van der Waals surface area contributed by atoms with Gasteiger partial charge in [-0.3, -0.25) is 4.21 Å². The topological polar surface area (TPSA) is 86.7 Å². The molecule has 2 N–H and O–H groups in total. The van der Waals surface area contributed by atoms with Gasteiger partial charge in [0.1, 0.15) is 6.04 Å². The summed E-state index contributed by atoms with van der Waals surface area (Å²) in [5.74, 6) is 0.275. The number of carbonyl (C=O) groups is 2. The van der Waals surface area contributed by atoms with Crippen LogP contribution in [0.4, 0.5) is 4.79 Å². The first kappa shape index (κ1) is 16.3. The van der Waals surface area contributed by atoms with Crippen LogP contribution in [0.1, 0.15) is 39.5 Å². The van der Waals surface area contributed by atoms with Gasteiger partial charge in [0.15, 0.2) is 0 Å². The lowest BCUT2D eigenvalue weighted by atomic mass is 9.76. The number of piperidine rings is 1. The summed E-state index contributed by atoms with van der Waals surface area (Å²) in [7, 11) is -0.766. The van der Waals surface area contributed by atoms with Crippen LogP contribution in [0.5, 0.6) is 0 Å². The van der Waals surface area contributed by atoms with E-state index in [0.29, 0.717) is 30.9 Å². The van der Waals surface area contributed by atoms with Gasteiger partial charge in [-0.15, -0.1) is 0 Å². The van der Waals surface area contributed by atoms with Gasteiger partial charge in [0.2, 0.25) is 0 Å². The maximum Gasteiger partial charge on any atom is 0.327 e. The average molecular weight is 316 g/mol. The van der Waals surface area contributed by atoms with E-state index in [1.54, 1.807) is 0 Å².